The number of benzene rings is 2. The Hall–Kier alpha value is -2.66. The molecule has 4 rings (SSSR count). The highest BCUT2D eigenvalue weighted by Gasteiger charge is 2.51. The van der Waals surface area contributed by atoms with Gasteiger partial charge in [0.25, 0.3) is 5.91 Å². The van der Waals surface area contributed by atoms with E-state index in [0.29, 0.717) is 17.7 Å². The number of halogens is 1. The van der Waals surface area contributed by atoms with E-state index < -0.39 is 5.60 Å². The first-order chi connectivity index (χ1) is 13.7. The summed E-state index contributed by atoms with van der Waals surface area (Å²) in [6.07, 6.45) is 2.05. The molecule has 1 spiro atoms. The number of anilines is 1. The predicted molar refractivity (Wildman–Crippen MR) is 111 cm³/mol. The minimum absolute atomic E-state index is 0.0833. The first kappa shape index (κ1) is 19.6. The summed E-state index contributed by atoms with van der Waals surface area (Å²) in [7, 11) is 0. The number of fused-ring (bicyclic) bond motifs is 2. The van der Waals surface area contributed by atoms with Gasteiger partial charge in [0.05, 0.1) is 5.69 Å². The largest absolute Gasteiger partial charge is 0.491 e. The Morgan fingerprint density at radius 2 is 1.93 bits per heavy atom. The number of rotatable bonds is 3. The molecule has 2 aliphatic heterocycles. The maximum absolute atomic E-state index is 13.6. The second-order valence-electron chi connectivity index (χ2n) is 8.90. The summed E-state index contributed by atoms with van der Waals surface area (Å²) in [6.45, 7) is 8.77. The summed E-state index contributed by atoms with van der Waals surface area (Å²) >= 11 is 0. The van der Waals surface area contributed by atoms with Crippen LogP contribution in [0.3, 0.4) is 0 Å². The van der Waals surface area contributed by atoms with Crippen molar-refractivity contribution in [3.05, 3.63) is 71.1 Å². The van der Waals surface area contributed by atoms with E-state index in [4.69, 9.17) is 9.47 Å². The minimum Gasteiger partial charge on any atom is -0.491 e. The fraction of sp³-hybridized carbons (Fsp3) is 0.375. The van der Waals surface area contributed by atoms with Crippen LogP contribution in [0.25, 0.3) is 0 Å². The second kappa shape index (κ2) is 6.99. The zero-order valence-corrected chi connectivity index (χ0v) is 17.2. The zero-order chi connectivity index (χ0) is 20.8. The number of hydrogen-bond acceptors (Lipinski definition) is 3. The van der Waals surface area contributed by atoms with Crippen LogP contribution in [0.15, 0.2) is 54.1 Å². The van der Waals surface area contributed by atoms with Crippen molar-refractivity contribution >= 4 is 11.6 Å². The average Bonchev–Trinajstić information content (AvgIpc) is 2.89. The molecule has 0 saturated carbocycles. The molecule has 1 N–H and O–H groups in total. The summed E-state index contributed by atoms with van der Waals surface area (Å²) in [5, 5.41) is 2.76. The lowest BCUT2D eigenvalue weighted by atomic mass is 9.85. The van der Waals surface area contributed by atoms with Gasteiger partial charge in [-0.2, -0.15) is 0 Å². The van der Waals surface area contributed by atoms with E-state index in [1.807, 2.05) is 25.1 Å². The van der Waals surface area contributed by atoms with Crippen molar-refractivity contribution in [1.82, 2.24) is 0 Å². The van der Waals surface area contributed by atoms with Gasteiger partial charge in [-0.3, -0.25) is 4.79 Å². The monoisotopic (exact) mass is 395 g/mol. The molecule has 2 aromatic carbocycles. The molecule has 2 aromatic rings. The molecule has 1 amide bonds. The molecule has 152 valence electrons. The number of nitrogens with one attached hydrogen (secondary N) is 1. The standard InChI is InChI=1S/C24H26FNO3/c1-15-11-19(14-28-18-8-5-16(6-9-18)23(2,3)4)29-24(13-15)20-10-7-17(25)12-21(20)26-22(24)27/h5-12,19H,13-14H2,1-4H3,(H,26,27)/t19-,24+/m0/s1. The molecule has 0 bridgehead atoms. The molecular formula is C24H26FNO3. The van der Waals surface area contributed by atoms with E-state index in [1.54, 1.807) is 6.07 Å². The Balaban J connectivity index is 1.52. The highest BCUT2D eigenvalue weighted by molar-refractivity contribution is 6.05. The highest BCUT2D eigenvalue weighted by Crippen LogP contribution is 2.46. The first-order valence-electron chi connectivity index (χ1n) is 9.87. The van der Waals surface area contributed by atoms with Gasteiger partial charge < -0.3 is 14.8 Å². The van der Waals surface area contributed by atoms with Crippen molar-refractivity contribution in [3.8, 4) is 5.75 Å². The fourth-order valence-corrected chi connectivity index (χ4v) is 4.02. The summed E-state index contributed by atoms with van der Waals surface area (Å²) in [6, 6.07) is 12.4. The Labute approximate surface area is 170 Å². The van der Waals surface area contributed by atoms with Crippen molar-refractivity contribution in [3.63, 3.8) is 0 Å². The van der Waals surface area contributed by atoms with Gasteiger partial charge in [0, 0.05) is 12.0 Å². The maximum atomic E-state index is 13.6. The lowest BCUT2D eigenvalue weighted by Gasteiger charge is -2.35. The van der Waals surface area contributed by atoms with Gasteiger partial charge in [0.1, 0.15) is 24.3 Å². The van der Waals surface area contributed by atoms with E-state index in [1.165, 1.54) is 17.7 Å². The summed E-state index contributed by atoms with van der Waals surface area (Å²) in [5.41, 5.74) is 2.38. The molecule has 0 aliphatic carbocycles. The zero-order valence-electron chi connectivity index (χ0n) is 17.2. The number of carbonyl (C=O) groups excluding carboxylic acids is 1. The van der Waals surface area contributed by atoms with Crippen molar-refractivity contribution in [2.75, 3.05) is 11.9 Å². The molecule has 0 unspecified atom stereocenters. The van der Waals surface area contributed by atoms with Gasteiger partial charge in [-0.25, -0.2) is 4.39 Å². The van der Waals surface area contributed by atoms with Gasteiger partial charge in [-0.05, 0) is 42.2 Å². The van der Waals surface area contributed by atoms with E-state index >= 15 is 0 Å². The number of hydrogen-bond donors (Lipinski definition) is 1. The van der Waals surface area contributed by atoms with Crippen molar-refractivity contribution in [2.24, 2.45) is 0 Å². The van der Waals surface area contributed by atoms with E-state index in [9.17, 15) is 9.18 Å². The smallest absolute Gasteiger partial charge is 0.261 e. The Morgan fingerprint density at radius 1 is 1.21 bits per heavy atom. The molecule has 2 atom stereocenters. The molecule has 5 heteroatoms. The van der Waals surface area contributed by atoms with Crippen molar-refractivity contribution in [1.29, 1.82) is 0 Å². The van der Waals surface area contributed by atoms with E-state index in [2.05, 4.69) is 38.2 Å². The normalized spacial score (nSPS) is 23.6. The van der Waals surface area contributed by atoms with Crippen molar-refractivity contribution in [2.45, 2.75) is 51.2 Å². The molecule has 0 radical (unpaired) electrons. The van der Waals surface area contributed by atoms with Crippen LogP contribution in [0.5, 0.6) is 5.75 Å². The Bertz CT molecular complexity index is 975. The van der Waals surface area contributed by atoms with Crippen LogP contribution in [-0.2, 0) is 20.5 Å². The molecule has 4 nitrogen and oxygen atoms in total. The quantitative estimate of drug-likeness (QED) is 0.737. The third kappa shape index (κ3) is 3.67. The Kier molecular flexibility index (Phi) is 4.74. The van der Waals surface area contributed by atoms with Gasteiger partial charge in [-0.15, -0.1) is 0 Å². The third-order valence-corrected chi connectivity index (χ3v) is 5.52. The van der Waals surface area contributed by atoms with Gasteiger partial charge in [0.2, 0.25) is 0 Å². The van der Waals surface area contributed by atoms with Crippen LogP contribution < -0.4 is 10.1 Å². The van der Waals surface area contributed by atoms with Gasteiger partial charge in [-0.1, -0.05) is 50.6 Å². The molecule has 29 heavy (non-hydrogen) atoms. The average molecular weight is 395 g/mol. The Morgan fingerprint density at radius 3 is 2.62 bits per heavy atom. The maximum Gasteiger partial charge on any atom is 0.261 e. The summed E-state index contributed by atoms with van der Waals surface area (Å²) in [4.78, 5) is 12.8. The first-order valence-corrected chi connectivity index (χ1v) is 9.87. The number of amides is 1. The number of ether oxygens (including phenoxy) is 2. The second-order valence-corrected chi connectivity index (χ2v) is 8.90. The highest BCUT2D eigenvalue weighted by atomic mass is 19.1. The molecule has 0 fully saturated rings. The van der Waals surface area contributed by atoms with E-state index in [-0.39, 0.29) is 29.9 Å². The van der Waals surface area contributed by atoms with Crippen LogP contribution in [0, 0.1) is 5.82 Å². The topological polar surface area (TPSA) is 47.6 Å². The van der Waals surface area contributed by atoms with Gasteiger partial charge in [0.15, 0.2) is 5.60 Å². The molecule has 2 heterocycles. The van der Waals surface area contributed by atoms with Crippen LogP contribution in [0.1, 0.15) is 45.2 Å². The van der Waals surface area contributed by atoms with Crippen molar-refractivity contribution < 1.29 is 18.7 Å². The molecular weight excluding hydrogens is 369 g/mol. The lowest BCUT2D eigenvalue weighted by Crippen LogP contribution is -2.44. The molecule has 2 aliphatic rings. The van der Waals surface area contributed by atoms with Crippen LogP contribution in [0.4, 0.5) is 10.1 Å². The summed E-state index contributed by atoms with van der Waals surface area (Å²) < 4.78 is 25.8. The SMILES string of the molecule is CC1=C[C@@H](COc2ccc(C(C)(C)C)cc2)O[C@@]2(C1)C(=O)Nc1cc(F)ccc12. The minimum atomic E-state index is -1.13. The van der Waals surface area contributed by atoms with Gasteiger partial charge >= 0.3 is 0 Å². The molecule has 0 saturated heterocycles. The van der Waals surface area contributed by atoms with E-state index in [0.717, 1.165) is 11.3 Å². The van der Waals surface area contributed by atoms with Crippen LogP contribution >= 0.6 is 0 Å². The fourth-order valence-electron chi connectivity index (χ4n) is 4.02. The molecule has 0 aromatic heterocycles. The predicted octanol–water partition coefficient (Wildman–Crippen LogP) is 5.08. The summed E-state index contributed by atoms with van der Waals surface area (Å²) in [5.74, 6) is 0.110. The number of carbonyl (C=O) groups is 1. The van der Waals surface area contributed by atoms with Crippen LogP contribution in [0.2, 0.25) is 0 Å². The lowest BCUT2D eigenvalue weighted by molar-refractivity contribution is -0.151. The third-order valence-electron chi connectivity index (χ3n) is 5.52. The van der Waals surface area contributed by atoms with Crippen LogP contribution in [-0.4, -0.2) is 18.6 Å².